The van der Waals surface area contributed by atoms with Gasteiger partial charge in [0.05, 0.1) is 0 Å². The van der Waals surface area contributed by atoms with Crippen molar-refractivity contribution in [3.05, 3.63) is 0 Å². The van der Waals surface area contributed by atoms with Crippen molar-refractivity contribution in [3.63, 3.8) is 0 Å². The van der Waals surface area contributed by atoms with Gasteiger partial charge in [0.2, 0.25) is 0 Å². The molecule has 96 valence electrons. The van der Waals surface area contributed by atoms with Gasteiger partial charge in [-0.15, -0.1) is 0 Å². The fourth-order valence-electron chi connectivity index (χ4n) is 3.12. The molecule has 2 atom stereocenters. The van der Waals surface area contributed by atoms with Crippen molar-refractivity contribution in [2.75, 3.05) is 6.54 Å². The van der Waals surface area contributed by atoms with Crippen LogP contribution >= 0.6 is 0 Å². The standard InChI is InChI=1S/C15H31N/c1-4-7-15(8-5-2)16-12-14-10-6-9-13(3)11-14/h13-16H,4-12H2,1-3H3. The lowest BCUT2D eigenvalue weighted by Gasteiger charge is -2.28. The van der Waals surface area contributed by atoms with E-state index in [0.717, 1.165) is 17.9 Å². The van der Waals surface area contributed by atoms with E-state index < -0.39 is 0 Å². The SMILES string of the molecule is CCCC(CCC)NCC1CCCC(C)C1. The third-order valence-corrected chi connectivity index (χ3v) is 4.01. The van der Waals surface area contributed by atoms with Crippen LogP contribution in [0.3, 0.4) is 0 Å². The van der Waals surface area contributed by atoms with Crippen LogP contribution in [0, 0.1) is 11.8 Å². The molecule has 16 heavy (non-hydrogen) atoms. The largest absolute Gasteiger partial charge is 0.314 e. The maximum absolute atomic E-state index is 3.81. The molecular formula is C15H31N. The van der Waals surface area contributed by atoms with E-state index in [2.05, 4.69) is 26.1 Å². The summed E-state index contributed by atoms with van der Waals surface area (Å²) < 4.78 is 0. The summed E-state index contributed by atoms with van der Waals surface area (Å²) in [4.78, 5) is 0. The number of hydrogen-bond acceptors (Lipinski definition) is 1. The summed E-state index contributed by atoms with van der Waals surface area (Å²) in [6.07, 6.45) is 11.2. The molecule has 0 heterocycles. The Balaban J connectivity index is 2.19. The van der Waals surface area contributed by atoms with Crippen LogP contribution in [0.2, 0.25) is 0 Å². The smallest absolute Gasteiger partial charge is 0.00669 e. The molecule has 0 aliphatic heterocycles. The third kappa shape index (κ3) is 5.34. The molecule has 0 spiro atoms. The molecular weight excluding hydrogens is 194 g/mol. The van der Waals surface area contributed by atoms with Gasteiger partial charge in [0.25, 0.3) is 0 Å². The Morgan fingerprint density at radius 1 is 1.12 bits per heavy atom. The van der Waals surface area contributed by atoms with Crippen LogP contribution in [0.25, 0.3) is 0 Å². The predicted molar refractivity (Wildman–Crippen MR) is 72.7 cm³/mol. The van der Waals surface area contributed by atoms with Crippen molar-refractivity contribution in [1.29, 1.82) is 0 Å². The summed E-state index contributed by atoms with van der Waals surface area (Å²) in [6, 6.07) is 0.784. The van der Waals surface area contributed by atoms with Crippen LogP contribution in [-0.4, -0.2) is 12.6 Å². The first-order valence-electron chi connectivity index (χ1n) is 7.49. The molecule has 1 nitrogen and oxygen atoms in total. The van der Waals surface area contributed by atoms with Gasteiger partial charge in [-0.05, 0) is 44.1 Å². The summed E-state index contributed by atoms with van der Waals surface area (Å²) in [5.41, 5.74) is 0. The number of nitrogens with one attached hydrogen (secondary N) is 1. The zero-order valence-corrected chi connectivity index (χ0v) is 11.6. The molecule has 1 saturated carbocycles. The second kappa shape index (κ2) is 8.11. The normalized spacial score (nSPS) is 26.2. The first kappa shape index (κ1) is 14.0. The topological polar surface area (TPSA) is 12.0 Å². The van der Waals surface area contributed by atoms with Crippen molar-refractivity contribution in [2.45, 2.75) is 78.2 Å². The molecule has 1 heteroatoms. The van der Waals surface area contributed by atoms with Crippen LogP contribution < -0.4 is 5.32 Å². The Hall–Kier alpha value is -0.0400. The maximum Gasteiger partial charge on any atom is 0.00669 e. The molecule has 0 aromatic heterocycles. The Bertz CT molecular complexity index is 156. The Morgan fingerprint density at radius 2 is 1.81 bits per heavy atom. The molecule has 1 aliphatic rings. The van der Waals surface area contributed by atoms with Gasteiger partial charge in [-0.2, -0.15) is 0 Å². The molecule has 0 saturated heterocycles. The Labute approximate surface area is 102 Å². The highest BCUT2D eigenvalue weighted by molar-refractivity contribution is 4.75. The van der Waals surface area contributed by atoms with Gasteiger partial charge in [0, 0.05) is 6.04 Å². The minimum atomic E-state index is 0.784. The van der Waals surface area contributed by atoms with Crippen LogP contribution in [-0.2, 0) is 0 Å². The van der Waals surface area contributed by atoms with Crippen molar-refractivity contribution in [3.8, 4) is 0 Å². The average molecular weight is 225 g/mol. The molecule has 1 aliphatic carbocycles. The quantitative estimate of drug-likeness (QED) is 0.678. The van der Waals surface area contributed by atoms with Crippen LogP contribution in [0.1, 0.15) is 72.1 Å². The van der Waals surface area contributed by atoms with E-state index in [4.69, 9.17) is 0 Å². The van der Waals surface area contributed by atoms with E-state index in [0.29, 0.717) is 0 Å². The van der Waals surface area contributed by atoms with E-state index in [1.165, 1.54) is 57.9 Å². The number of hydrogen-bond donors (Lipinski definition) is 1. The molecule has 1 N–H and O–H groups in total. The lowest BCUT2D eigenvalue weighted by atomic mass is 9.82. The summed E-state index contributed by atoms with van der Waals surface area (Å²) in [5.74, 6) is 1.93. The van der Waals surface area contributed by atoms with Gasteiger partial charge < -0.3 is 5.32 Å². The molecule has 1 fully saturated rings. The summed E-state index contributed by atoms with van der Waals surface area (Å²) >= 11 is 0. The lowest BCUT2D eigenvalue weighted by molar-refractivity contribution is 0.262. The Morgan fingerprint density at radius 3 is 2.38 bits per heavy atom. The van der Waals surface area contributed by atoms with Gasteiger partial charge in [-0.1, -0.05) is 46.5 Å². The zero-order chi connectivity index (χ0) is 11.8. The van der Waals surface area contributed by atoms with Crippen LogP contribution in [0.5, 0.6) is 0 Å². The van der Waals surface area contributed by atoms with Gasteiger partial charge in [-0.25, -0.2) is 0 Å². The fourth-order valence-corrected chi connectivity index (χ4v) is 3.12. The van der Waals surface area contributed by atoms with E-state index in [1.807, 2.05) is 0 Å². The first-order chi connectivity index (χ1) is 7.76. The second-order valence-electron chi connectivity index (χ2n) is 5.82. The minimum Gasteiger partial charge on any atom is -0.314 e. The molecule has 0 radical (unpaired) electrons. The predicted octanol–water partition coefficient (Wildman–Crippen LogP) is 4.37. The van der Waals surface area contributed by atoms with Gasteiger partial charge in [0.15, 0.2) is 0 Å². The van der Waals surface area contributed by atoms with Gasteiger partial charge in [0.1, 0.15) is 0 Å². The van der Waals surface area contributed by atoms with Crippen molar-refractivity contribution < 1.29 is 0 Å². The molecule has 0 aromatic carbocycles. The first-order valence-corrected chi connectivity index (χ1v) is 7.49. The molecule has 0 aromatic rings. The van der Waals surface area contributed by atoms with Crippen LogP contribution in [0.4, 0.5) is 0 Å². The molecule has 1 rings (SSSR count). The molecule has 0 bridgehead atoms. The van der Waals surface area contributed by atoms with Crippen molar-refractivity contribution in [2.24, 2.45) is 11.8 Å². The second-order valence-corrected chi connectivity index (χ2v) is 5.82. The fraction of sp³-hybridized carbons (Fsp3) is 1.00. The highest BCUT2D eigenvalue weighted by Gasteiger charge is 2.19. The number of rotatable bonds is 7. The highest BCUT2D eigenvalue weighted by atomic mass is 14.9. The Kier molecular flexibility index (Phi) is 7.11. The summed E-state index contributed by atoms with van der Waals surface area (Å²) in [6.45, 7) is 8.29. The third-order valence-electron chi connectivity index (χ3n) is 4.01. The maximum atomic E-state index is 3.81. The summed E-state index contributed by atoms with van der Waals surface area (Å²) in [7, 11) is 0. The highest BCUT2D eigenvalue weighted by Crippen LogP contribution is 2.28. The molecule has 0 amide bonds. The summed E-state index contributed by atoms with van der Waals surface area (Å²) in [5, 5.41) is 3.81. The van der Waals surface area contributed by atoms with Crippen molar-refractivity contribution >= 4 is 0 Å². The van der Waals surface area contributed by atoms with Gasteiger partial charge >= 0.3 is 0 Å². The minimum absolute atomic E-state index is 0.784. The van der Waals surface area contributed by atoms with Crippen LogP contribution in [0.15, 0.2) is 0 Å². The van der Waals surface area contributed by atoms with E-state index in [1.54, 1.807) is 0 Å². The van der Waals surface area contributed by atoms with E-state index in [9.17, 15) is 0 Å². The van der Waals surface area contributed by atoms with Gasteiger partial charge in [-0.3, -0.25) is 0 Å². The van der Waals surface area contributed by atoms with E-state index >= 15 is 0 Å². The monoisotopic (exact) mass is 225 g/mol. The average Bonchev–Trinajstić information content (AvgIpc) is 2.27. The van der Waals surface area contributed by atoms with Crippen molar-refractivity contribution in [1.82, 2.24) is 5.32 Å². The van der Waals surface area contributed by atoms with E-state index in [-0.39, 0.29) is 0 Å². The molecule has 2 unspecified atom stereocenters. The lowest BCUT2D eigenvalue weighted by Crippen LogP contribution is -2.34. The zero-order valence-electron chi connectivity index (χ0n) is 11.6.